The summed E-state index contributed by atoms with van der Waals surface area (Å²) in [5.41, 5.74) is 5.48. The minimum atomic E-state index is -0.0545. The summed E-state index contributed by atoms with van der Waals surface area (Å²) in [6.07, 6.45) is 1.53. The summed E-state index contributed by atoms with van der Waals surface area (Å²) in [7, 11) is 0. The number of carbonyl (C=O) groups is 1. The Kier molecular flexibility index (Phi) is 5.60. The maximum absolute atomic E-state index is 10.6. The first-order valence-electron chi connectivity index (χ1n) is 3.98. The lowest BCUT2D eigenvalue weighted by atomic mass is 9.95. The van der Waals surface area contributed by atoms with Crippen LogP contribution in [-0.4, -0.2) is 11.7 Å². The first kappa shape index (κ1) is 11.0. The normalized spacial score (nSPS) is 13.5. The van der Waals surface area contributed by atoms with Crippen molar-refractivity contribution in [2.75, 3.05) is 6.54 Å². The molecule has 0 radical (unpaired) electrons. The molecule has 0 aliphatic carbocycles. The van der Waals surface area contributed by atoms with Gasteiger partial charge in [-0.1, -0.05) is 13.8 Å². The van der Waals surface area contributed by atoms with Crippen LogP contribution >= 0.6 is 12.6 Å². The van der Waals surface area contributed by atoms with Crippen LogP contribution in [0.25, 0.3) is 0 Å². The summed E-state index contributed by atoms with van der Waals surface area (Å²) >= 11 is 3.72. The van der Waals surface area contributed by atoms with Crippen molar-refractivity contribution in [2.45, 2.75) is 26.7 Å². The Morgan fingerprint density at radius 2 is 2.09 bits per heavy atom. The maximum atomic E-state index is 10.6. The predicted molar refractivity (Wildman–Crippen MR) is 50.6 cm³/mol. The molecule has 0 amide bonds. The Morgan fingerprint density at radius 1 is 1.55 bits per heavy atom. The van der Waals surface area contributed by atoms with E-state index in [1.807, 2.05) is 0 Å². The molecule has 66 valence electrons. The van der Waals surface area contributed by atoms with Gasteiger partial charge in [-0.25, -0.2) is 0 Å². The molecule has 2 N–H and O–H groups in total. The molecule has 3 heteroatoms. The van der Waals surface area contributed by atoms with Crippen molar-refractivity contribution in [3.63, 3.8) is 0 Å². The molecule has 2 nitrogen and oxygen atoms in total. The van der Waals surface area contributed by atoms with E-state index in [0.717, 1.165) is 6.42 Å². The first-order valence-corrected chi connectivity index (χ1v) is 4.42. The molecular formula is C8H17NOS. The van der Waals surface area contributed by atoms with E-state index < -0.39 is 0 Å². The molecular weight excluding hydrogens is 158 g/mol. The van der Waals surface area contributed by atoms with Gasteiger partial charge in [-0.15, -0.1) is 12.6 Å². The SMILES string of the molecule is CC(C)CC(CN)CC(=O)S. The van der Waals surface area contributed by atoms with Crippen molar-refractivity contribution in [3.05, 3.63) is 0 Å². The summed E-state index contributed by atoms with van der Waals surface area (Å²) in [6.45, 7) is 4.85. The minimum Gasteiger partial charge on any atom is -0.330 e. The molecule has 0 aliphatic heterocycles. The van der Waals surface area contributed by atoms with Gasteiger partial charge in [-0.3, -0.25) is 4.79 Å². The second-order valence-electron chi connectivity index (χ2n) is 3.33. The summed E-state index contributed by atoms with van der Waals surface area (Å²) in [6, 6.07) is 0. The molecule has 0 aromatic rings. The number of carbonyl (C=O) groups excluding carboxylic acids is 1. The van der Waals surface area contributed by atoms with Crippen molar-refractivity contribution in [1.82, 2.24) is 0 Å². The highest BCUT2D eigenvalue weighted by atomic mass is 32.1. The molecule has 0 aromatic carbocycles. The lowest BCUT2D eigenvalue weighted by molar-refractivity contribution is -0.111. The van der Waals surface area contributed by atoms with Crippen LogP contribution in [-0.2, 0) is 4.79 Å². The van der Waals surface area contributed by atoms with E-state index in [2.05, 4.69) is 26.5 Å². The molecule has 11 heavy (non-hydrogen) atoms. The lowest BCUT2D eigenvalue weighted by Crippen LogP contribution is -2.18. The van der Waals surface area contributed by atoms with Gasteiger partial charge in [0.05, 0.1) is 0 Å². The average molecular weight is 175 g/mol. The van der Waals surface area contributed by atoms with E-state index in [4.69, 9.17) is 5.73 Å². The maximum Gasteiger partial charge on any atom is 0.186 e. The van der Waals surface area contributed by atoms with Gasteiger partial charge < -0.3 is 5.73 Å². The van der Waals surface area contributed by atoms with Crippen molar-refractivity contribution < 1.29 is 4.79 Å². The van der Waals surface area contributed by atoms with E-state index in [9.17, 15) is 4.79 Å². The largest absolute Gasteiger partial charge is 0.330 e. The van der Waals surface area contributed by atoms with Gasteiger partial charge in [0.25, 0.3) is 0 Å². The molecule has 0 saturated heterocycles. The minimum absolute atomic E-state index is 0.0545. The van der Waals surface area contributed by atoms with Gasteiger partial charge >= 0.3 is 0 Å². The first-order chi connectivity index (χ1) is 5.06. The molecule has 0 saturated carbocycles. The number of rotatable bonds is 5. The van der Waals surface area contributed by atoms with Crippen LogP contribution in [0.2, 0.25) is 0 Å². The number of hydrogen-bond acceptors (Lipinski definition) is 2. The topological polar surface area (TPSA) is 43.1 Å². The van der Waals surface area contributed by atoms with Crippen LogP contribution in [0.15, 0.2) is 0 Å². The highest BCUT2D eigenvalue weighted by molar-refractivity contribution is 7.96. The zero-order valence-electron chi connectivity index (χ0n) is 7.21. The molecule has 0 fully saturated rings. The third kappa shape index (κ3) is 6.38. The van der Waals surface area contributed by atoms with E-state index in [1.165, 1.54) is 0 Å². The number of nitrogens with two attached hydrogens (primary N) is 1. The Bertz CT molecular complexity index is 125. The quantitative estimate of drug-likeness (QED) is 0.621. The Morgan fingerprint density at radius 3 is 2.36 bits per heavy atom. The molecule has 0 rings (SSSR count). The van der Waals surface area contributed by atoms with Gasteiger partial charge in [0.1, 0.15) is 0 Å². The third-order valence-electron chi connectivity index (χ3n) is 1.60. The summed E-state index contributed by atoms with van der Waals surface area (Å²) in [5.74, 6) is 0.927. The lowest BCUT2D eigenvalue weighted by Gasteiger charge is -2.14. The summed E-state index contributed by atoms with van der Waals surface area (Å²) in [4.78, 5) is 10.6. The Hall–Kier alpha value is -0.0200. The van der Waals surface area contributed by atoms with Crippen LogP contribution in [0.5, 0.6) is 0 Å². The van der Waals surface area contributed by atoms with Crippen molar-refractivity contribution in [3.8, 4) is 0 Å². The van der Waals surface area contributed by atoms with Crippen LogP contribution in [0, 0.1) is 11.8 Å². The molecule has 0 aliphatic rings. The third-order valence-corrected chi connectivity index (χ3v) is 1.78. The summed E-state index contributed by atoms with van der Waals surface area (Å²) in [5, 5.41) is -0.0545. The monoisotopic (exact) mass is 175 g/mol. The van der Waals surface area contributed by atoms with Gasteiger partial charge in [0.15, 0.2) is 5.12 Å². The van der Waals surface area contributed by atoms with Crippen molar-refractivity contribution in [1.29, 1.82) is 0 Å². The molecule has 0 heterocycles. The standard InChI is InChI=1S/C8H17NOS/c1-6(2)3-7(5-9)4-8(10)11/h6-7H,3-5,9H2,1-2H3,(H,10,11). The van der Waals surface area contributed by atoms with E-state index in [0.29, 0.717) is 24.8 Å². The molecule has 0 bridgehead atoms. The van der Waals surface area contributed by atoms with Crippen LogP contribution in [0.1, 0.15) is 26.7 Å². The van der Waals surface area contributed by atoms with E-state index >= 15 is 0 Å². The molecule has 0 aromatic heterocycles. The molecule has 1 unspecified atom stereocenters. The van der Waals surface area contributed by atoms with E-state index in [-0.39, 0.29) is 5.12 Å². The van der Waals surface area contributed by atoms with Crippen LogP contribution in [0.4, 0.5) is 0 Å². The van der Waals surface area contributed by atoms with Gasteiger partial charge in [-0.2, -0.15) is 0 Å². The Labute approximate surface area is 74.0 Å². The van der Waals surface area contributed by atoms with Crippen LogP contribution in [0.3, 0.4) is 0 Å². The second-order valence-corrected chi connectivity index (χ2v) is 3.83. The fraction of sp³-hybridized carbons (Fsp3) is 0.875. The highest BCUT2D eigenvalue weighted by Gasteiger charge is 2.11. The van der Waals surface area contributed by atoms with Gasteiger partial charge in [0, 0.05) is 6.42 Å². The molecule has 0 spiro atoms. The number of hydrogen-bond donors (Lipinski definition) is 2. The van der Waals surface area contributed by atoms with Gasteiger partial charge in [-0.05, 0) is 24.8 Å². The zero-order chi connectivity index (χ0) is 8.85. The summed E-state index contributed by atoms with van der Waals surface area (Å²) < 4.78 is 0. The van der Waals surface area contributed by atoms with Crippen molar-refractivity contribution >= 4 is 17.7 Å². The molecule has 1 atom stereocenters. The number of thiol groups is 1. The zero-order valence-corrected chi connectivity index (χ0v) is 8.10. The Balaban J connectivity index is 3.66. The highest BCUT2D eigenvalue weighted by Crippen LogP contribution is 2.14. The van der Waals surface area contributed by atoms with Crippen LogP contribution < -0.4 is 5.73 Å². The van der Waals surface area contributed by atoms with Crippen molar-refractivity contribution in [2.24, 2.45) is 17.6 Å². The average Bonchev–Trinajstić information content (AvgIpc) is 1.84. The van der Waals surface area contributed by atoms with Gasteiger partial charge in [0.2, 0.25) is 0 Å². The smallest absolute Gasteiger partial charge is 0.186 e. The predicted octanol–water partition coefficient (Wildman–Crippen LogP) is 1.45. The second kappa shape index (κ2) is 5.61. The van der Waals surface area contributed by atoms with E-state index in [1.54, 1.807) is 0 Å². The fourth-order valence-corrected chi connectivity index (χ4v) is 1.43. The fourth-order valence-electron chi connectivity index (χ4n) is 1.18.